The van der Waals surface area contributed by atoms with Crippen LogP contribution in [0.1, 0.15) is 44.6 Å². The van der Waals surface area contributed by atoms with Crippen LogP contribution in [0.2, 0.25) is 0 Å². The molecule has 5 heteroatoms. The maximum Gasteiger partial charge on any atom is 0.309 e. The van der Waals surface area contributed by atoms with Gasteiger partial charge in [-0.2, -0.15) is 5.26 Å². The van der Waals surface area contributed by atoms with Gasteiger partial charge in [0.15, 0.2) is 6.10 Å². The zero-order valence-electron chi connectivity index (χ0n) is 12.7. The molecule has 2 rings (SSSR count). The summed E-state index contributed by atoms with van der Waals surface area (Å²) in [6, 6.07) is 8.62. The molecule has 1 fully saturated rings. The largest absolute Gasteiger partial charge is 0.452 e. The monoisotopic (exact) mass is 300 g/mol. The highest BCUT2D eigenvalue weighted by Crippen LogP contribution is 2.25. The maximum absolute atomic E-state index is 12.1. The molecule has 0 saturated heterocycles. The van der Waals surface area contributed by atoms with Crippen molar-refractivity contribution in [2.45, 2.75) is 45.1 Å². The number of benzene rings is 1. The van der Waals surface area contributed by atoms with E-state index in [4.69, 9.17) is 10.00 Å². The predicted octanol–water partition coefficient (Wildman–Crippen LogP) is 3.01. The first-order valence-electron chi connectivity index (χ1n) is 7.61. The van der Waals surface area contributed by atoms with E-state index in [0.717, 1.165) is 32.1 Å². The number of carbonyl (C=O) groups excluding carboxylic acids is 2. The Morgan fingerprint density at radius 1 is 1.32 bits per heavy atom. The number of carbonyl (C=O) groups is 2. The summed E-state index contributed by atoms with van der Waals surface area (Å²) in [5.74, 6) is -0.752. The molecule has 1 saturated carbocycles. The van der Waals surface area contributed by atoms with E-state index >= 15 is 0 Å². The Morgan fingerprint density at radius 3 is 2.73 bits per heavy atom. The van der Waals surface area contributed by atoms with E-state index in [1.807, 2.05) is 6.07 Å². The number of amides is 1. The number of esters is 1. The minimum Gasteiger partial charge on any atom is -0.452 e. The predicted molar refractivity (Wildman–Crippen MR) is 81.9 cm³/mol. The quantitative estimate of drug-likeness (QED) is 0.867. The fourth-order valence-electron chi connectivity index (χ4n) is 2.57. The van der Waals surface area contributed by atoms with E-state index < -0.39 is 6.10 Å². The Labute approximate surface area is 130 Å². The molecule has 1 aromatic carbocycles. The molecule has 0 unspecified atom stereocenters. The highest BCUT2D eigenvalue weighted by Gasteiger charge is 2.26. The van der Waals surface area contributed by atoms with Crippen LogP contribution in [-0.2, 0) is 14.3 Å². The summed E-state index contributed by atoms with van der Waals surface area (Å²) in [6.45, 7) is 1.56. The van der Waals surface area contributed by atoms with Crippen molar-refractivity contribution in [1.82, 2.24) is 0 Å². The highest BCUT2D eigenvalue weighted by atomic mass is 16.5. The number of ether oxygens (including phenoxy) is 1. The van der Waals surface area contributed by atoms with Crippen LogP contribution in [-0.4, -0.2) is 18.0 Å². The standard InChI is InChI=1S/C17H20N2O3/c1-12(22-17(21)14-7-3-2-4-8-14)16(20)19-15-9-5-6-13(10-15)11-18/h5-6,9-10,12,14H,2-4,7-8H2,1H3,(H,19,20)/t12-/m1/s1. The van der Waals surface area contributed by atoms with Crippen molar-refractivity contribution in [3.05, 3.63) is 29.8 Å². The molecule has 0 heterocycles. The fourth-order valence-corrected chi connectivity index (χ4v) is 2.57. The number of rotatable bonds is 4. The zero-order valence-corrected chi connectivity index (χ0v) is 12.7. The van der Waals surface area contributed by atoms with Gasteiger partial charge < -0.3 is 10.1 Å². The third-order valence-corrected chi connectivity index (χ3v) is 3.86. The summed E-state index contributed by atoms with van der Waals surface area (Å²) in [4.78, 5) is 24.1. The summed E-state index contributed by atoms with van der Waals surface area (Å²) in [5.41, 5.74) is 0.981. The van der Waals surface area contributed by atoms with E-state index in [1.165, 1.54) is 0 Å². The number of anilines is 1. The van der Waals surface area contributed by atoms with Gasteiger partial charge in [-0.05, 0) is 38.0 Å². The molecule has 0 radical (unpaired) electrons. The van der Waals surface area contributed by atoms with Crippen LogP contribution in [0.3, 0.4) is 0 Å². The van der Waals surface area contributed by atoms with E-state index in [9.17, 15) is 9.59 Å². The number of nitrogens with one attached hydrogen (secondary N) is 1. The molecule has 0 spiro atoms. The molecule has 116 valence electrons. The van der Waals surface area contributed by atoms with E-state index in [0.29, 0.717) is 11.3 Å². The Balaban J connectivity index is 1.88. The minimum atomic E-state index is -0.847. The van der Waals surface area contributed by atoms with E-state index in [1.54, 1.807) is 31.2 Å². The molecule has 1 aliphatic rings. The molecule has 0 aromatic heterocycles. The Bertz CT molecular complexity index is 586. The van der Waals surface area contributed by atoms with Crippen LogP contribution in [0.4, 0.5) is 5.69 Å². The SMILES string of the molecule is C[C@@H](OC(=O)C1CCCCC1)C(=O)Nc1cccc(C#N)c1. The second-order valence-corrected chi connectivity index (χ2v) is 5.60. The normalized spacial score (nSPS) is 16.4. The maximum atomic E-state index is 12.1. The van der Waals surface area contributed by atoms with Crippen molar-refractivity contribution in [2.24, 2.45) is 5.92 Å². The number of nitrogens with zero attached hydrogens (tertiary/aromatic N) is 1. The van der Waals surface area contributed by atoms with Gasteiger partial charge in [0.25, 0.3) is 5.91 Å². The van der Waals surface area contributed by atoms with Gasteiger partial charge >= 0.3 is 5.97 Å². The summed E-state index contributed by atoms with van der Waals surface area (Å²) >= 11 is 0. The number of hydrogen-bond donors (Lipinski definition) is 1. The van der Waals surface area contributed by atoms with Crippen LogP contribution in [0.15, 0.2) is 24.3 Å². The lowest BCUT2D eigenvalue weighted by Crippen LogP contribution is -2.32. The van der Waals surface area contributed by atoms with Gasteiger partial charge in [0.05, 0.1) is 17.6 Å². The lowest BCUT2D eigenvalue weighted by molar-refractivity contribution is -0.158. The van der Waals surface area contributed by atoms with E-state index in [2.05, 4.69) is 5.32 Å². The van der Waals surface area contributed by atoms with Gasteiger partial charge in [-0.3, -0.25) is 9.59 Å². The second-order valence-electron chi connectivity index (χ2n) is 5.60. The second kappa shape index (κ2) is 7.60. The van der Waals surface area contributed by atoms with Crippen LogP contribution in [0, 0.1) is 17.2 Å². The summed E-state index contributed by atoms with van der Waals surface area (Å²) < 4.78 is 5.26. The lowest BCUT2D eigenvalue weighted by Gasteiger charge is -2.22. The van der Waals surface area contributed by atoms with Gasteiger partial charge in [0.2, 0.25) is 0 Å². The van der Waals surface area contributed by atoms with E-state index in [-0.39, 0.29) is 17.8 Å². The molecule has 0 bridgehead atoms. The van der Waals surface area contributed by atoms with Gasteiger partial charge in [-0.25, -0.2) is 0 Å². The van der Waals surface area contributed by atoms with Gasteiger partial charge in [-0.15, -0.1) is 0 Å². The third kappa shape index (κ3) is 4.32. The fraction of sp³-hybridized carbons (Fsp3) is 0.471. The molecule has 1 aromatic rings. The van der Waals surface area contributed by atoms with Gasteiger partial charge in [0, 0.05) is 5.69 Å². The zero-order chi connectivity index (χ0) is 15.9. The summed E-state index contributed by atoms with van der Waals surface area (Å²) in [7, 11) is 0. The average Bonchev–Trinajstić information content (AvgIpc) is 2.55. The average molecular weight is 300 g/mol. The van der Waals surface area contributed by atoms with Crippen LogP contribution >= 0.6 is 0 Å². The van der Waals surface area contributed by atoms with Crippen molar-refractivity contribution < 1.29 is 14.3 Å². The van der Waals surface area contributed by atoms with Crippen LogP contribution in [0.5, 0.6) is 0 Å². The summed E-state index contributed by atoms with van der Waals surface area (Å²) in [5, 5.41) is 11.5. The van der Waals surface area contributed by atoms with Crippen molar-refractivity contribution in [2.75, 3.05) is 5.32 Å². The van der Waals surface area contributed by atoms with Crippen molar-refractivity contribution in [1.29, 1.82) is 5.26 Å². The topological polar surface area (TPSA) is 79.2 Å². The third-order valence-electron chi connectivity index (χ3n) is 3.86. The Hall–Kier alpha value is -2.35. The molecule has 5 nitrogen and oxygen atoms in total. The van der Waals surface area contributed by atoms with Crippen LogP contribution in [0.25, 0.3) is 0 Å². The van der Waals surface area contributed by atoms with Crippen molar-refractivity contribution in [3.8, 4) is 6.07 Å². The van der Waals surface area contributed by atoms with Crippen molar-refractivity contribution in [3.63, 3.8) is 0 Å². The molecule has 0 aliphatic heterocycles. The molecule has 22 heavy (non-hydrogen) atoms. The number of hydrogen-bond acceptors (Lipinski definition) is 4. The lowest BCUT2D eigenvalue weighted by atomic mass is 9.89. The molecule has 1 aliphatic carbocycles. The molecule has 1 amide bonds. The van der Waals surface area contributed by atoms with Crippen molar-refractivity contribution >= 4 is 17.6 Å². The molecule has 1 N–H and O–H groups in total. The van der Waals surface area contributed by atoms with Gasteiger partial charge in [-0.1, -0.05) is 25.3 Å². The summed E-state index contributed by atoms with van der Waals surface area (Å²) in [6.07, 6.45) is 4.09. The Morgan fingerprint density at radius 2 is 2.05 bits per heavy atom. The first-order valence-corrected chi connectivity index (χ1v) is 7.61. The molecular formula is C17H20N2O3. The first-order chi connectivity index (χ1) is 10.6. The highest BCUT2D eigenvalue weighted by molar-refractivity contribution is 5.95. The smallest absolute Gasteiger partial charge is 0.309 e. The first kappa shape index (κ1) is 16.0. The van der Waals surface area contributed by atoms with Gasteiger partial charge in [0.1, 0.15) is 0 Å². The minimum absolute atomic E-state index is 0.0779. The number of nitriles is 1. The molecule has 1 atom stereocenters. The Kier molecular flexibility index (Phi) is 5.54. The van der Waals surface area contributed by atoms with Crippen LogP contribution < -0.4 is 5.32 Å². The molecular weight excluding hydrogens is 280 g/mol.